The van der Waals surface area contributed by atoms with Crippen molar-refractivity contribution >= 4 is 17.4 Å². The van der Waals surface area contributed by atoms with E-state index < -0.39 is 17.7 Å². The Hall–Kier alpha value is -3.06. The maximum absolute atomic E-state index is 12.9. The molecule has 0 saturated carbocycles. The quantitative estimate of drug-likeness (QED) is 0.389. The van der Waals surface area contributed by atoms with Crippen molar-refractivity contribution in [1.29, 1.82) is 0 Å². The Morgan fingerprint density at radius 3 is 2.52 bits per heavy atom. The summed E-state index contributed by atoms with van der Waals surface area (Å²) >= 11 is 0. The number of carbonyl (C=O) groups is 2. The standard InChI is InChI=1S/C24H29NO6/c1-14(2)13-30-18-9-7-17(12-15(18)3)22(26)20-21(19-8-6-16(4)31-19)25(10-11-29-5)24(28)23(20)27/h6-9,12,14,21,26H,10-11,13H2,1-5H3/b22-20-. The predicted molar refractivity (Wildman–Crippen MR) is 116 cm³/mol. The molecule has 0 radical (unpaired) electrons. The highest BCUT2D eigenvalue weighted by atomic mass is 16.5. The highest BCUT2D eigenvalue weighted by molar-refractivity contribution is 6.46. The molecule has 7 heteroatoms. The Morgan fingerprint density at radius 1 is 1.19 bits per heavy atom. The first-order valence-electron chi connectivity index (χ1n) is 10.3. The summed E-state index contributed by atoms with van der Waals surface area (Å²) in [5.41, 5.74) is 1.27. The molecule has 1 fully saturated rings. The van der Waals surface area contributed by atoms with E-state index in [0.717, 1.165) is 5.56 Å². The smallest absolute Gasteiger partial charge is 0.295 e. The highest BCUT2D eigenvalue weighted by Gasteiger charge is 2.47. The normalized spacial score (nSPS) is 18.3. The van der Waals surface area contributed by atoms with E-state index in [9.17, 15) is 14.7 Å². The molecule has 1 saturated heterocycles. The molecule has 1 N–H and O–H groups in total. The lowest BCUT2D eigenvalue weighted by molar-refractivity contribution is -0.140. The predicted octanol–water partition coefficient (Wildman–Crippen LogP) is 4.00. The van der Waals surface area contributed by atoms with E-state index in [1.165, 1.54) is 12.0 Å². The highest BCUT2D eigenvalue weighted by Crippen LogP contribution is 2.40. The Kier molecular flexibility index (Phi) is 6.85. The summed E-state index contributed by atoms with van der Waals surface area (Å²) in [6.45, 7) is 8.81. The molecule has 2 heterocycles. The third-order valence-electron chi connectivity index (χ3n) is 5.13. The topological polar surface area (TPSA) is 89.2 Å². The van der Waals surface area contributed by atoms with Crippen LogP contribution < -0.4 is 4.74 Å². The number of likely N-dealkylation sites (tertiary alicyclic amines) is 1. The van der Waals surface area contributed by atoms with E-state index in [1.807, 2.05) is 6.92 Å². The number of aliphatic hydroxyl groups is 1. The SMILES string of the molecule is COCCN1C(=O)C(=O)/C(=C(\O)c2ccc(OCC(C)C)c(C)c2)C1c1ccc(C)o1. The minimum absolute atomic E-state index is 0.00528. The largest absolute Gasteiger partial charge is 0.507 e. The molecule has 0 aliphatic carbocycles. The van der Waals surface area contributed by atoms with Gasteiger partial charge in [-0.25, -0.2) is 0 Å². The van der Waals surface area contributed by atoms with Gasteiger partial charge in [-0.05, 0) is 55.7 Å². The van der Waals surface area contributed by atoms with Gasteiger partial charge in [0.05, 0.1) is 18.8 Å². The molecule has 1 atom stereocenters. The molecule has 1 unspecified atom stereocenters. The third kappa shape index (κ3) is 4.66. The first-order valence-corrected chi connectivity index (χ1v) is 10.3. The van der Waals surface area contributed by atoms with Crippen LogP contribution in [0, 0.1) is 19.8 Å². The van der Waals surface area contributed by atoms with Gasteiger partial charge in [-0.2, -0.15) is 0 Å². The van der Waals surface area contributed by atoms with Crippen LogP contribution in [0.1, 0.15) is 42.5 Å². The molecular weight excluding hydrogens is 398 g/mol. The van der Waals surface area contributed by atoms with Crippen molar-refractivity contribution in [2.24, 2.45) is 5.92 Å². The lowest BCUT2D eigenvalue weighted by Gasteiger charge is -2.23. The molecule has 0 bridgehead atoms. The maximum atomic E-state index is 12.9. The van der Waals surface area contributed by atoms with Gasteiger partial charge in [0, 0.05) is 19.2 Å². The molecule has 2 aromatic rings. The van der Waals surface area contributed by atoms with E-state index in [4.69, 9.17) is 13.9 Å². The summed E-state index contributed by atoms with van der Waals surface area (Å²) in [5, 5.41) is 11.1. The number of amides is 1. The van der Waals surface area contributed by atoms with Crippen molar-refractivity contribution in [1.82, 2.24) is 4.90 Å². The minimum Gasteiger partial charge on any atom is -0.507 e. The van der Waals surface area contributed by atoms with Gasteiger partial charge >= 0.3 is 0 Å². The number of furan rings is 1. The zero-order valence-electron chi connectivity index (χ0n) is 18.6. The van der Waals surface area contributed by atoms with Crippen LogP contribution in [0.2, 0.25) is 0 Å². The van der Waals surface area contributed by atoms with Crippen molar-refractivity contribution in [3.8, 4) is 5.75 Å². The Bertz CT molecular complexity index is 1000. The van der Waals surface area contributed by atoms with Crippen molar-refractivity contribution < 1.29 is 28.6 Å². The van der Waals surface area contributed by atoms with Crippen molar-refractivity contribution in [2.75, 3.05) is 26.9 Å². The van der Waals surface area contributed by atoms with Crippen LogP contribution in [0.3, 0.4) is 0 Å². The number of carbonyl (C=O) groups excluding carboxylic acids is 2. The number of rotatable bonds is 8. The van der Waals surface area contributed by atoms with Crippen LogP contribution in [0.25, 0.3) is 5.76 Å². The molecule has 1 amide bonds. The van der Waals surface area contributed by atoms with Crippen LogP contribution in [0.5, 0.6) is 5.75 Å². The molecule has 0 spiro atoms. The molecule has 31 heavy (non-hydrogen) atoms. The van der Waals surface area contributed by atoms with Gasteiger partial charge in [-0.15, -0.1) is 0 Å². The van der Waals surface area contributed by atoms with E-state index in [2.05, 4.69) is 13.8 Å². The number of ether oxygens (including phenoxy) is 2. The molecule has 1 aliphatic rings. The molecule has 1 aromatic heterocycles. The maximum Gasteiger partial charge on any atom is 0.295 e. The van der Waals surface area contributed by atoms with E-state index >= 15 is 0 Å². The number of hydrogen-bond acceptors (Lipinski definition) is 6. The summed E-state index contributed by atoms with van der Waals surface area (Å²) in [6.07, 6.45) is 0. The minimum atomic E-state index is -0.818. The van der Waals surface area contributed by atoms with E-state index in [-0.39, 0.29) is 24.5 Å². The van der Waals surface area contributed by atoms with Gasteiger partial charge in [0.2, 0.25) is 0 Å². The van der Waals surface area contributed by atoms with Crippen LogP contribution in [-0.2, 0) is 14.3 Å². The number of hydrogen-bond donors (Lipinski definition) is 1. The van der Waals surface area contributed by atoms with Gasteiger partial charge in [0.1, 0.15) is 29.1 Å². The number of nitrogens with zero attached hydrogens (tertiary/aromatic N) is 1. The number of aliphatic hydroxyl groups excluding tert-OH is 1. The van der Waals surface area contributed by atoms with Crippen LogP contribution >= 0.6 is 0 Å². The zero-order chi connectivity index (χ0) is 22.7. The molecule has 7 nitrogen and oxygen atoms in total. The summed E-state index contributed by atoms with van der Waals surface area (Å²) in [7, 11) is 1.52. The first kappa shape index (κ1) is 22.6. The number of Topliss-reactive ketones (excluding diaryl/α,β-unsaturated/α-hetero) is 1. The van der Waals surface area contributed by atoms with Crippen molar-refractivity contribution in [3.63, 3.8) is 0 Å². The average Bonchev–Trinajstić information content (AvgIpc) is 3.26. The average molecular weight is 427 g/mol. The molecule has 1 aliphatic heterocycles. The summed E-state index contributed by atoms with van der Waals surface area (Å²) in [6, 6.07) is 7.85. The summed E-state index contributed by atoms with van der Waals surface area (Å²) < 4.78 is 16.6. The molecule has 1 aromatic carbocycles. The van der Waals surface area contributed by atoms with Gasteiger partial charge in [0.25, 0.3) is 11.7 Å². The van der Waals surface area contributed by atoms with Gasteiger partial charge in [0.15, 0.2) is 0 Å². The van der Waals surface area contributed by atoms with Gasteiger partial charge < -0.3 is 23.9 Å². The molecular formula is C24H29NO6. The third-order valence-corrected chi connectivity index (χ3v) is 5.13. The fraction of sp³-hybridized carbons (Fsp3) is 0.417. The van der Waals surface area contributed by atoms with Crippen molar-refractivity contribution in [2.45, 2.75) is 33.7 Å². The second-order valence-corrected chi connectivity index (χ2v) is 8.12. The number of methoxy groups -OCH3 is 1. The fourth-order valence-corrected chi connectivity index (χ4v) is 3.57. The van der Waals surface area contributed by atoms with Crippen molar-refractivity contribution in [3.05, 3.63) is 58.6 Å². The Morgan fingerprint density at radius 2 is 1.94 bits per heavy atom. The molecule has 3 rings (SSSR count). The monoisotopic (exact) mass is 427 g/mol. The Balaban J connectivity index is 2.05. The Labute approximate surface area is 182 Å². The first-order chi connectivity index (χ1) is 14.7. The number of aryl methyl sites for hydroxylation is 2. The summed E-state index contributed by atoms with van der Waals surface area (Å²) in [4.78, 5) is 27.0. The van der Waals surface area contributed by atoms with Gasteiger partial charge in [-0.3, -0.25) is 9.59 Å². The van der Waals surface area contributed by atoms with E-state index in [0.29, 0.717) is 35.4 Å². The van der Waals surface area contributed by atoms with Crippen LogP contribution in [0.4, 0.5) is 0 Å². The lowest BCUT2D eigenvalue weighted by Crippen LogP contribution is -2.32. The van der Waals surface area contributed by atoms with Crippen LogP contribution in [0.15, 0.2) is 40.3 Å². The number of benzene rings is 1. The zero-order valence-corrected chi connectivity index (χ0v) is 18.6. The van der Waals surface area contributed by atoms with Gasteiger partial charge in [-0.1, -0.05) is 13.8 Å². The van der Waals surface area contributed by atoms with E-state index in [1.54, 1.807) is 37.3 Å². The second kappa shape index (κ2) is 9.39. The summed E-state index contributed by atoms with van der Waals surface area (Å²) in [5.74, 6) is 0.488. The lowest BCUT2D eigenvalue weighted by atomic mass is 9.98. The second-order valence-electron chi connectivity index (χ2n) is 8.12. The molecule has 166 valence electrons. The van der Waals surface area contributed by atoms with Crippen LogP contribution in [-0.4, -0.2) is 48.6 Å². The fourth-order valence-electron chi connectivity index (χ4n) is 3.57. The number of ketones is 1.